The van der Waals surface area contributed by atoms with Gasteiger partial charge >= 0.3 is 0 Å². The Labute approximate surface area is 85.9 Å². The summed E-state index contributed by atoms with van der Waals surface area (Å²) in [7, 11) is 4.25. The topological polar surface area (TPSA) is 15.3 Å². The number of rotatable bonds is 3. The van der Waals surface area contributed by atoms with Crippen LogP contribution in [0.15, 0.2) is 24.3 Å². The van der Waals surface area contributed by atoms with E-state index >= 15 is 0 Å². The molecule has 0 saturated carbocycles. The van der Waals surface area contributed by atoms with Crippen molar-refractivity contribution in [3.8, 4) is 0 Å². The lowest BCUT2D eigenvalue weighted by Gasteiger charge is -2.14. The minimum absolute atomic E-state index is 0.634. The van der Waals surface area contributed by atoms with E-state index in [0.717, 1.165) is 6.54 Å². The zero-order chi connectivity index (χ0) is 9.97. The van der Waals surface area contributed by atoms with E-state index < -0.39 is 0 Å². The van der Waals surface area contributed by atoms with Crippen molar-refractivity contribution in [1.29, 1.82) is 0 Å². The molecule has 0 aliphatic carbocycles. The summed E-state index contributed by atoms with van der Waals surface area (Å²) in [5, 5.41) is 3.56. The first kappa shape index (κ1) is 9.53. The van der Waals surface area contributed by atoms with Crippen LogP contribution in [-0.2, 0) is 6.42 Å². The van der Waals surface area contributed by atoms with Gasteiger partial charge in [-0.2, -0.15) is 0 Å². The van der Waals surface area contributed by atoms with E-state index in [4.69, 9.17) is 0 Å². The van der Waals surface area contributed by atoms with Crippen molar-refractivity contribution in [2.75, 3.05) is 26.0 Å². The van der Waals surface area contributed by atoms with E-state index in [2.05, 4.69) is 48.6 Å². The third kappa shape index (κ3) is 2.07. The molecular weight excluding hydrogens is 172 g/mol. The van der Waals surface area contributed by atoms with Crippen molar-refractivity contribution < 1.29 is 0 Å². The summed E-state index contributed by atoms with van der Waals surface area (Å²) in [5.41, 5.74) is 2.80. The summed E-state index contributed by atoms with van der Waals surface area (Å²) in [6.07, 6.45) is 2.41. The van der Waals surface area contributed by atoms with Gasteiger partial charge in [-0.1, -0.05) is 18.2 Å². The van der Waals surface area contributed by atoms with Gasteiger partial charge < -0.3 is 10.2 Å². The highest BCUT2D eigenvalue weighted by Gasteiger charge is 2.19. The lowest BCUT2D eigenvalue weighted by Crippen LogP contribution is -2.23. The SMILES string of the molecule is CN(C)CCC1Cc2ccccc2N1. The van der Waals surface area contributed by atoms with Gasteiger partial charge in [0, 0.05) is 11.7 Å². The summed E-state index contributed by atoms with van der Waals surface area (Å²) in [4.78, 5) is 2.24. The molecule has 1 atom stereocenters. The Morgan fingerprint density at radius 2 is 2.14 bits per heavy atom. The highest BCUT2D eigenvalue weighted by molar-refractivity contribution is 5.56. The smallest absolute Gasteiger partial charge is 0.0375 e. The van der Waals surface area contributed by atoms with Crippen LogP contribution in [0.2, 0.25) is 0 Å². The molecule has 0 aromatic heterocycles. The molecular formula is C12H18N2. The minimum atomic E-state index is 0.634. The molecule has 1 aliphatic rings. The molecule has 0 spiro atoms. The van der Waals surface area contributed by atoms with Gasteiger partial charge in [-0.05, 0) is 45.1 Å². The Bertz CT molecular complexity index is 282. The van der Waals surface area contributed by atoms with Gasteiger partial charge in [0.15, 0.2) is 0 Å². The van der Waals surface area contributed by atoms with Crippen LogP contribution in [0.3, 0.4) is 0 Å². The summed E-state index contributed by atoms with van der Waals surface area (Å²) in [5.74, 6) is 0. The molecule has 1 aliphatic heterocycles. The van der Waals surface area contributed by atoms with E-state index in [1.54, 1.807) is 0 Å². The van der Waals surface area contributed by atoms with Gasteiger partial charge in [0.25, 0.3) is 0 Å². The minimum Gasteiger partial charge on any atom is -0.382 e. The fourth-order valence-electron chi connectivity index (χ4n) is 1.96. The lowest BCUT2D eigenvalue weighted by molar-refractivity contribution is 0.387. The van der Waals surface area contributed by atoms with Crippen molar-refractivity contribution >= 4 is 5.69 Å². The second kappa shape index (κ2) is 4.01. The van der Waals surface area contributed by atoms with Crippen molar-refractivity contribution in [1.82, 2.24) is 4.90 Å². The average Bonchev–Trinajstić information content (AvgIpc) is 2.57. The molecule has 1 aromatic carbocycles. The second-order valence-corrected chi connectivity index (χ2v) is 4.29. The largest absolute Gasteiger partial charge is 0.382 e. The van der Waals surface area contributed by atoms with Crippen molar-refractivity contribution in [3.63, 3.8) is 0 Å². The average molecular weight is 190 g/mol. The molecule has 2 rings (SSSR count). The number of hydrogen-bond acceptors (Lipinski definition) is 2. The monoisotopic (exact) mass is 190 g/mol. The van der Waals surface area contributed by atoms with Crippen LogP contribution in [0.25, 0.3) is 0 Å². The number of nitrogens with zero attached hydrogens (tertiary/aromatic N) is 1. The Morgan fingerprint density at radius 3 is 2.86 bits per heavy atom. The van der Waals surface area contributed by atoms with Crippen LogP contribution in [0.5, 0.6) is 0 Å². The maximum absolute atomic E-state index is 3.56. The van der Waals surface area contributed by atoms with E-state index in [9.17, 15) is 0 Å². The first-order chi connectivity index (χ1) is 6.75. The first-order valence-electron chi connectivity index (χ1n) is 5.25. The van der Waals surface area contributed by atoms with Gasteiger partial charge in [0.1, 0.15) is 0 Å². The number of anilines is 1. The van der Waals surface area contributed by atoms with Crippen LogP contribution in [0, 0.1) is 0 Å². The predicted octanol–water partition coefficient (Wildman–Crippen LogP) is 1.97. The molecule has 1 unspecified atom stereocenters. The highest BCUT2D eigenvalue weighted by atomic mass is 15.1. The highest BCUT2D eigenvalue weighted by Crippen LogP contribution is 2.26. The van der Waals surface area contributed by atoms with E-state index in [-0.39, 0.29) is 0 Å². The Kier molecular flexibility index (Phi) is 2.73. The van der Waals surface area contributed by atoms with Gasteiger partial charge in [0.05, 0.1) is 0 Å². The fraction of sp³-hybridized carbons (Fsp3) is 0.500. The molecule has 0 saturated heterocycles. The van der Waals surface area contributed by atoms with Gasteiger partial charge in [0.2, 0.25) is 0 Å². The molecule has 0 radical (unpaired) electrons. The van der Waals surface area contributed by atoms with Crippen molar-refractivity contribution in [3.05, 3.63) is 29.8 Å². The Hall–Kier alpha value is -1.02. The van der Waals surface area contributed by atoms with E-state index in [1.807, 2.05) is 0 Å². The summed E-state index contributed by atoms with van der Waals surface area (Å²) in [6.45, 7) is 1.16. The predicted molar refractivity (Wildman–Crippen MR) is 60.7 cm³/mol. The van der Waals surface area contributed by atoms with Crippen LogP contribution in [0.4, 0.5) is 5.69 Å². The normalized spacial score (nSPS) is 19.5. The second-order valence-electron chi connectivity index (χ2n) is 4.29. The number of benzene rings is 1. The number of hydrogen-bond donors (Lipinski definition) is 1. The summed E-state index contributed by atoms with van der Waals surface area (Å²) < 4.78 is 0. The molecule has 0 fully saturated rings. The van der Waals surface area contributed by atoms with Crippen LogP contribution < -0.4 is 5.32 Å². The summed E-state index contributed by atoms with van der Waals surface area (Å²) >= 11 is 0. The Balaban J connectivity index is 1.92. The molecule has 76 valence electrons. The lowest BCUT2D eigenvalue weighted by atomic mass is 10.1. The number of nitrogens with one attached hydrogen (secondary N) is 1. The van der Waals surface area contributed by atoms with Crippen LogP contribution in [-0.4, -0.2) is 31.6 Å². The molecule has 0 bridgehead atoms. The summed E-state index contributed by atoms with van der Waals surface area (Å²) in [6, 6.07) is 9.24. The first-order valence-corrected chi connectivity index (χ1v) is 5.25. The zero-order valence-electron chi connectivity index (χ0n) is 8.96. The molecule has 14 heavy (non-hydrogen) atoms. The molecule has 2 nitrogen and oxygen atoms in total. The van der Waals surface area contributed by atoms with Gasteiger partial charge in [-0.3, -0.25) is 0 Å². The molecule has 1 heterocycles. The third-order valence-electron chi connectivity index (χ3n) is 2.77. The quantitative estimate of drug-likeness (QED) is 0.784. The van der Waals surface area contributed by atoms with E-state index in [1.165, 1.54) is 24.1 Å². The molecule has 1 N–H and O–H groups in total. The third-order valence-corrected chi connectivity index (χ3v) is 2.77. The Morgan fingerprint density at radius 1 is 1.36 bits per heavy atom. The maximum atomic E-state index is 3.56. The van der Waals surface area contributed by atoms with Crippen LogP contribution in [0.1, 0.15) is 12.0 Å². The van der Waals surface area contributed by atoms with Gasteiger partial charge in [-0.25, -0.2) is 0 Å². The van der Waals surface area contributed by atoms with Gasteiger partial charge in [-0.15, -0.1) is 0 Å². The number of para-hydroxylation sites is 1. The van der Waals surface area contributed by atoms with Crippen LogP contribution >= 0.6 is 0 Å². The van der Waals surface area contributed by atoms with E-state index in [0.29, 0.717) is 6.04 Å². The molecule has 1 aromatic rings. The molecule has 0 amide bonds. The van der Waals surface area contributed by atoms with Crippen molar-refractivity contribution in [2.24, 2.45) is 0 Å². The standard InChI is InChI=1S/C12H18N2/c1-14(2)8-7-11-9-10-5-3-4-6-12(10)13-11/h3-6,11,13H,7-9H2,1-2H3. The van der Waals surface area contributed by atoms with Crippen molar-refractivity contribution in [2.45, 2.75) is 18.9 Å². The number of fused-ring (bicyclic) bond motifs is 1. The zero-order valence-corrected chi connectivity index (χ0v) is 8.96. The molecule has 2 heteroatoms. The fourth-order valence-corrected chi connectivity index (χ4v) is 1.96. The maximum Gasteiger partial charge on any atom is 0.0375 e.